The van der Waals surface area contributed by atoms with Crippen LogP contribution in [0.4, 0.5) is 13.2 Å². The fourth-order valence-corrected chi connectivity index (χ4v) is 2.14. The molecule has 0 spiro atoms. The predicted molar refractivity (Wildman–Crippen MR) is 104 cm³/mol. The summed E-state index contributed by atoms with van der Waals surface area (Å²) in [6, 6.07) is 15.8. The van der Waals surface area contributed by atoms with Crippen LogP contribution in [0.2, 0.25) is 0 Å². The standard InChI is InChI=1S/C11H14O2.C8H5F3O.C3H6O/c1-9(12)8-11(2,13)10-6-4-3-5-7-10;9-8(10,11)7(12)6-4-2-1-3-5-6;1-3(2)4/h3-7,13H,8H2,1-2H3;1-5H;1-2H3. The third-order valence-electron chi connectivity index (χ3n) is 3.28. The number of rotatable bonds is 4. The SMILES string of the molecule is CC(=O)CC(C)(O)c1ccccc1.CC(C)=O.O=C(c1ccccc1)C(F)(F)F. The molecule has 0 bridgehead atoms. The average Bonchev–Trinajstić information content (AvgIpc) is 2.61. The molecule has 0 heterocycles. The van der Waals surface area contributed by atoms with Gasteiger partial charge in [-0.1, -0.05) is 60.7 Å². The molecular weight excluding hydrogens is 385 g/mol. The van der Waals surface area contributed by atoms with Gasteiger partial charge in [0.15, 0.2) is 0 Å². The van der Waals surface area contributed by atoms with Gasteiger partial charge in [0.1, 0.15) is 11.6 Å². The molecule has 29 heavy (non-hydrogen) atoms. The fourth-order valence-electron chi connectivity index (χ4n) is 2.14. The number of halogens is 3. The van der Waals surface area contributed by atoms with Crippen molar-refractivity contribution in [3.8, 4) is 0 Å². The molecule has 0 fully saturated rings. The lowest BCUT2D eigenvalue weighted by Crippen LogP contribution is -2.23. The normalized spacial score (nSPS) is 12.3. The van der Waals surface area contributed by atoms with E-state index in [1.54, 1.807) is 13.0 Å². The maximum Gasteiger partial charge on any atom is 0.454 e. The summed E-state index contributed by atoms with van der Waals surface area (Å²) >= 11 is 0. The number of Topliss-reactive ketones (excluding diaryl/α,β-unsaturated/α-hetero) is 3. The van der Waals surface area contributed by atoms with Crippen LogP contribution < -0.4 is 0 Å². The molecule has 7 heteroatoms. The number of aliphatic hydroxyl groups is 1. The first-order valence-corrected chi connectivity index (χ1v) is 8.68. The van der Waals surface area contributed by atoms with E-state index >= 15 is 0 Å². The minimum atomic E-state index is -4.78. The Hall–Kier alpha value is -2.80. The zero-order valence-electron chi connectivity index (χ0n) is 16.8. The van der Waals surface area contributed by atoms with Gasteiger partial charge in [-0.2, -0.15) is 13.2 Å². The number of benzene rings is 2. The summed E-state index contributed by atoms with van der Waals surface area (Å²) < 4.78 is 35.4. The van der Waals surface area contributed by atoms with E-state index in [0.29, 0.717) is 0 Å². The quantitative estimate of drug-likeness (QED) is 0.728. The molecule has 4 nitrogen and oxygen atoms in total. The van der Waals surface area contributed by atoms with Crippen molar-refractivity contribution in [2.24, 2.45) is 0 Å². The van der Waals surface area contributed by atoms with Crippen molar-refractivity contribution in [1.29, 1.82) is 0 Å². The van der Waals surface area contributed by atoms with Gasteiger partial charge in [0.2, 0.25) is 0 Å². The van der Waals surface area contributed by atoms with E-state index in [1.165, 1.54) is 32.9 Å². The van der Waals surface area contributed by atoms with Gasteiger partial charge in [-0.05, 0) is 33.3 Å². The molecule has 2 aromatic rings. The second-order valence-electron chi connectivity index (χ2n) is 6.62. The third kappa shape index (κ3) is 11.6. The summed E-state index contributed by atoms with van der Waals surface area (Å²) in [6.45, 7) is 6.20. The Morgan fingerprint density at radius 3 is 1.55 bits per heavy atom. The Morgan fingerprint density at radius 2 is 1.21 bits per heavy atom. The first-order valence-electron chi connectivity index (χ1n) is 8.68. The van der Waals surface area contributed by atoms with Crippen molar-refractivity contribution in [2.75, 3.05) is 0 Å². The highest BCUT2D eigenvalue weighted by atomic mass is 19.4. The molecule has 0 aliphatic rings. The molecule has 1 N–H and O–H groups in total. The zero-order chi connectivity index (χ0) is 22.7. The molecule has 1 unspecified atom stereocenters. The van der Waals surface area contributed by atoms with Crippen LogP contribution in [0.1, 0.15) is 50.0 Å². The molecule has 0 radical (unpaired) electrons. The highest BCUT2D eigenvalue weighted by Gasteiger charge is 2.38. The zero-order valence-corrected chi connectivity index (χ0v) is 16.8. The molecule has 0 aromatic heterocycles. The number of hydrogen-bond acceptors (Lipinski definition) is 4. The largest absolute Gasteiger partial charge is 0.454 e. The maximum atomic E-state index is 11.8. The Balaban J connectivity index is 0.000000459. The van der Waals surface area contributed by atoms with Gasteiger partial charge >= 0.3 is 6.18 Å². The third-order valence-corrected chi connectivity index (χ3v) is 3.28. The molecule has 2 rings (SSSR count). The lowest BCUT2D eigenvalue weighted by molar-refractivity contribution is -0.121. The number of hydrogen-bond donors (Lipinski definition) is 1. The van der Waals surface area contributed by atoms with Gasteiger partial charge in [-0.25, -0.2) is 0 Å². The first kappa shape index (κ1) is 26.2. The van der Waals surface area contributed by atoms with E-state index in [9.17, 15) is 32.7 Å². The van der Waals surface area contributed by atoms with Crippen LogP contribution in [-0.4, -0.2) is 28.6 Å². The van der Waals surface area contributed by atoms with Crippen molar-refractivity contribution >= 4 is 17.3 Å². The minimum Gasteiger partial charge on any atom is -0.385 e. The summed E-state index contributed by atoms with van der Waals surface area (Å²) in [4.78, 5) is 30.9. The lowest BCUT2D eigenvalue weighted by atomic mass is 9.91. The van der Waals surface area contributed by atoms with Gasteiger partial charge in [-0.3, -0.25) is 9.59 Å². The molecular formula is C22H25F3O4. The van der Waals surface area contributed by atoms with Gasteiger partial charge in [-0.15, -0.1) is 0 Å². The van der Waals surface area contributed by atoms with Gasteiger partial charge < -0.3 is 9.90 Å². The van der Waals surface area contributed by atoms with E-state index in [0.717, 1.165) is 17.7 Å². The molecule has 2 aromatic carbocycles. The van der Waals surface area contributed by atoms with Crippen molar-refractivity contribution in [2.45, 2.75) is 45.9 Å². The van der Waals surface area contributed by atoms with Gasteiger partial charge in [0, 0.05) is 12.0 Å². The van der Waals surface area contributed by atoms with Crippen molar-refractivity contribution in [3.05, 3.63) is 71.8 Å². The smallest absolute Gasteiger partial charge is 0.385 e. The monoisotopic (exact) mass is 410 g/mol. The van der Waals surface area contributed by atoms with Crippen molar-refractivity contribution < 1.29 is 32.7 Å². The number of ketones is 3. The van der Waals surface area contributed by atoms with Gasteiger partial charge in [0.05, 0.1) is 5.60 Å². The molecule has 1 atom stereocenters. The maximum absolute atomic E-state index is 11.8. The molecule has 0 amide bonds. The second kappa shape index (κ2) is 11.9. The van der Waals surface area contributed by atoms with E-state index in [4.69, 9.17) is 0 Å². The first-order chi connectivity index (χ1) is 13.3. The van der Waals surface area contributed by atoms with E-state index in [1.807, 2.05) is 30.3 Å². The highest BCUT2D eigenvalue weighted by Crippen LogP contribution is 2.24. The summed E-state index contributed by atoms with van der Waals surface area (Å²) in [5.74, 6) is -1.64. The van der Waals surface area contributed by atoms with Gasteiger partial charge in [0.25, 0.3) is 5.78 Å². The molecule has 158 valence electrons. The molecule has 0 saturated heterocycles. The second-order valence-corrected chi connectivity index (χ2v) is 6.62. The summed E-state index contributed by atoms with van der Waals surface area (Å²) in [5.41, 5.74) is -0.581. The van der Waals surface area contributed by atoms with Crippen molar-refractivity contribution in [3.63, 3.8) is 0 Å². The molecule has 0 saturated carbocycles. The van der Waals surface area contributed by atoms with E-state index < -0.39 is 17.6 Å². The average molecular weight is 410 g/mol. The topological polar surface area (TPSA) is 71.4 Å². The predicted octanol–water partition coefficient (Wildman–Crippen LogP) is 4.90. The summed E-state index contributed by atoms with van der Waals surface area (Å²) in [5, 5.41) is 9.94. The lowest BCUT2D eigenvalue weighted by Gasteiger charge is -2.22. The van der Waals surface area contributed by atoms with Crippen LogP contribution in [-0.2, 0) is 15.2 Å². The van der Waals surface area contributed by atoms with Crippen LogP contribution in [0.25, 0.3) is 0 Å². The van der Waals surface area contributed by atoms with E-state index in [2.05, 4.69) is 0 Å². The Bertz CT molecular complexity index is 779. The Labute approximate surface area is 168 Å². The minimum absolute atomic E-state index is 0.00569. The van der Waals surface area contributed by atoms with Crippen LogP contribution in [0, 0.1) is 0 Å². The summed E-state index contributed by atoms with van der Waals surface area (Å²) in [6.07, 6.45) is -4.61. The molecule has 0 aliphatic carbocycles. The Morgan fingerprint density at radius 1 is 0.828 bits per heavy atom. The Kier molecular flexibility index (Phi) is 10.8. The fraction of sp³-hybridized carbons (Fsp3) is 0.318. The number of alkyl halides is 3. The van der Waals surface area contributed by atoms with Crippen molar-refractivity contribution in [1.82, 2.24) is 0 Å². The van der Waals surface area contributed by atoms with Crippen LogP contribution in [0.3, 0.4) is 0 Å². The van der Waals surface area contributed by atoms with Crippen LogP contribution in [0.15, 0.2) is 60.7 Å². The number of carbonyl (C=O) groups excluding carboxylic acids is 3. The summed E-state index contributed by atoms with van der Waals surface area (Å²) in [7, 11) is 0. The number of carbonyl (C=O) groups is 3. The van der Waals surface area contributed by atoms with Crippen LogP contribution >= 0.6 is 0 Å². The van der Waals surface area contributed by atoms with E-state index in [-0.39, 0.29) is 23.6 Å². The highest BCUT2D eigenvalue weighted by molar-refractivity contribution is 6.00. The van der Waals surface area contributed by atoms with Crippen LogP contribution in [0.5, 0.6) is 0 Å². The molecule has 0 aliphatic heterocycles.